The number of piperidine rings is 1. The molecule has 314 valence electrons. The Morgan fingerprint density at radius 2 is 1.62 bits per heavy atom. The number of hydrogen-bond acceptors (Lipinski definition) is 8. The van der Waals surface area contributed by atoms with Crippen LogP contribution >= 0.6 is 23.2 Å². The van der Waals surface area contributed by atoms with Gasteiger partial charge in [0.05, 0.1) is 10.0 Å². The van der Waals surface area contributed by atoms with Crippen LogP contribution in [0.25, 0.3) is 11.1 Å². The van der Waals surface area contributed by atoms with Gasteiger partial charge in [-0.3, -0.25) is 14.6 Å². The van der Waals surface area contributed by atoms with Gasteiger partial charge in [-0.2, -0.15) is 0 Å². The number of likely N-dealkylation sites (tertiary alicyclic amines) is 1. The monoisotopic (exact) mass is 862 g/mol. The Kier molecular flexibility index (Phi) is 12.2. The second kappa shape index (κ2) is 17.9. The van der Waals surface area contributed by atoms with Gasteiger partial charge in [-0.05, 0) is 101 Å². The molecule has 5 aromatic rings. The number of carbonyl (C=O) groups excluding carboxylic acids is 3. The quantitative estimate of drug-likeness (QED) is 0.142. The van der Waals surface area contributed by atoms with E-state index in [2.05, 4.69) is 10.3 Å². The second-order valence-corrected chi connectivity index (χ2v) is 16.4. The first-order chi connectivity index (χ1) is 29.4. The number of Topliss-reactive ketones (excluding diaryl/α,β-unsaturated/α-hetero) is 1. The van der Waals surface area contributed by atoms with Crippen LogP contribution in [-0.4, -0.2) is 75.4 Å². The van der Waals surface area contributed by atoms with Crippen molar-refractivity contribution < 1.29 is 38.5 Å². The number of amides is 3. The molecule has 1 aromatic heterocycles. The number of carbonyl (C=O) groups is 4. The summed E-state index contributed by atoms with van der Waals surface area (Å²) in [5.74, 6) is -0.0268. The van der Waals surface area contributed by atoms with Gasteiger partial charge < -0.3 is 34.4 Å². The minimum Gasteiger partial charge on any atom is -0.489 e. The van der Waals surface area contributed by atoms with Crippen molar-refractivity contribution in [3.63, 3.8) is 0 Å². The minimum atomic E-state index is -1.25. The third-order valence-electron chi connectivity index (χ3n) is 11.6. The summed E-state index contributed by atoms with van der Waals surface area (Å²) < 4.78 is 18.6. The highest BCUT2D eigenvalue weighted by molar-refractivity contribution is 6.42. The number of aryl methyl sites for hydroxylation is 1. The third-order valence-corrected chi connectivity index (χ3v) is 12.4. The van der Waals surface area contributed by atoms with Crippen LogP contribution < -0.4 is 19.5 Å². The van der Waals surface area contributed by atoms with Gasteiger partial charge in [0.25, 0.3) is 0 Å². The number of fused-ring (bicyclic) bond motifs is 2. The molecular weight excluding hydrogens is 819 g/mol. The van der Waals surface area contributed by atoms with Crippen LogP contribution in [0.2, 0.25) is 10.0 Å². The Labute approximate surface area is 363 Å². The molecular formula is C47H44Cl2N4O8. The van der Waals surface area contributed by atoms with E-state index in [0.29, 0.717) is 33.9 Å². The summed E-state index contributed by atoms with van der Waals surface area (Å²) in [6.07, 6.45) is 1.96. The standard InChI is InChI=1S/C47H44Cl2N4O8/c1-27-28(2)50-16-13-37(27)31-6-3-29(4-7-31)20-40(46(56)57)51-45(55)41-21-33-22-42-43(23-34(33)24-53(41)47(58)52-17-14-35(54)15-18-52)61-44(26-60-42)32-8-10-36(11-9-32)59-25-30-5-12-38(48)39(49)19-30/h3-13,16,19,22-23,40-41,44H,14-15,17-18,20-21,24-26H2,1-2H3,(H,51,55)(H,56,57)/t40?,41-,44+/m0/s1. The summed E-state index contributed by atoms with van der Waals surface area (Å²) in [5.41, 5.74) is 8.05. The molecule has 3 aliphatic rings. The summed E-state index contributed by atoms with van der Waals surface area (Å²) >= 11 is 12.2. The predicted molar refractivity (Wildman–Crippen MR) is 229 cm³/mol. The predicted octanol–water partition coefficient (Wildman–Crippen LogP) is 8.09. The van der Waals surface area contributed by atoms with E-state index in [1.165, 1.54) is 4.90 Å². The van der Waals surface area contributed by atoms with Gasteiger partial charge in [-0.1, -0.05) is 65.7 Å². The summed E-state index contributed by atoms with van der Waals surface area (Å²) in [6.45, 7) is 5.06. The number of hydrogen-bond donors (Lipinski definition) is 2. The summed E-state index contributed by atoms with van der Waals surface area (Å²) in [6, 6.07) is 23.4. The second-order valence-electron chi connectivity index (χ2n) is 15.6. The zero-order valence-corrected chi connectivity index (χ0v) is 35.2. The number of urea groups is 1. The van der Waals surface area contributed by atoms with Crippen molar-refractivity contribution in [2.45, 2.75) is 70.9 Å². The molecule has 3 amide bonds. The topological polar surface area (TPSA) is 148 Å². The maximum absolute atomic E-state index is 14.2. The van der Waals surface area contributed by atoms with E-state index in [0.717, 1.165) is 50.2 Å². The number of nitrogens with one attached hydrogen (secondary N) is 1. The lowest BCUT2D eigenvalue weighted by molar-refractivity contribution is -0.142. The highest BCUT2D eigenvalue weighted by Crippen LogP contribution is 2.41. The molecule has 14 heteroatoms. The van der Waals surface area contributed by atoms with Crippen molar-refractivity contribution in [1.29, 1.82) is 0 Å². The molecule has 2 N–H and O–H groups in total. The molecule has 0 saturated carbocycles. The highest BCUT2D eigenvalue weighted by atomic mass is 35.5. The Hall–Kier alpha value is -6.11. The van der Waals surface area contributed by atoms with E-state index in [1.54, 1.807) is 23.2 Å². The van der Waals surface area contributed by atoms with Crippen molar-refractivity contribution in [3.05, 3.63) is 140 Å². The fourth-order valence-electron chi connectivity index (χ4n) is 7.93. The van der Waals surface area contributed by atoms with E-state index in [4.69, 9.17) is 37.4 Å². The number of aromatic nitrogens is 1. The largest absolute Gasteiger partial charge is 0.489 e. The Morgan fingerprint density at radius 1 is 0.902 bits per heavy atom. The average Bonchev–Trinajstić information content (AvgIpc) is 3.26. The van der Waals surface area contributed by atoms with E-state index < -0.39 is 36.1 Å². The summed E-state index contributed by atoms with van der Waals surface area (Å²) in [5, 5.41) is 14.0. The summed E-state index contributed by atoms with van der Waals surface area (Å²) in [7, 11) is 0. The van der Waals surface area contributed by atoms with Crippen LogP contribution in [-0.2, 0) is 40.4 Å². The molecule has 8 rings (SSSR count). The van der Waals surface area contributed by atoms with Crippen LogP contribution in [0.1, 0.15) is 58.0 Å². The maximum Gasteiger partial charge on any atom is 0.326 e. The number of carboxylic acids is 1. The van der Waals surface area contributed by atoms with E-state index in [9.17, 15) is 24.3 Å². The van der Waals surface area contributed by atoms with Crippen LogP contribution in [0.3, 0.4) is 0 Å². The highest BCUT2D eigenvalue weighted by Gasteiger charge is 2.40. The van der Waals surface area contributed by atoms with Crippen LogP contribution in [0.15, 0.2) is 91.1 Å². The third kappa shape index (κ3) is 9.30. The number of carboxylic acid groups (broad SMARTS) is 1. The first kappa shape index (κ1) is 41.6. The number of benzene rings is 4. The zero-order chi connectivity index (χ0) is 42.8. The Balaban J connectivity index is 0.978. The fraction of sp³-hybridized carbons (Fsp3) is 0.298. The van der Waals surface area contributed by atoms with Gasteiger partial charge in [0.1, 0.15) is 36.8 Å². The van der Waals surface area contributed by atoms with Crippen LogP contribution in [0.5, 0.6) is 17.2 Å². The molecule has 1 unspecified atom stereocenters. The van der Waals surface area contributed by atoms with Crippen LogP contribution in [0, 0.1) is 13.8 Å². The lowest BCUT2D eigenvalue weighted by Gasteiger charge is -2.40. The lowest BCUT2D eigenvalue weighted by Crippen LogP contribution is -2.59. The van der Waals surface area contributed by atoms with Crippen molar-refractivity contribution in [3.8, 4) is 28.4 Å². The zero-order valence-electron chi connectivity index (χ0n) is 33.7. The molecule has 3 atom stereocenters. The molecule has 0 aliphatic carbocycles. The Morgan fingerprint density at radius 3 is 2.34 bits per heavy atom. The first-order valence-electron chi connectivity index (χ1n) is 20.1. The molecule has 0 radical (unpaired) electrons. The van der Waals surface area contributed by atoms with Crippen molar-refractivity contribution in [2.75, 3.05) is 19.7 Å². The molecule has 61 heavy (non-hydrogen) atoms. The molecule has 0 spiro atoms. The SMILES string of the molecule is Cc1nccc(-c2ccc(CC(NC(=O)[C@@H]3Cc4cc5c(cc4CN3C(=O)N3CCC(=O)CC3)O[C@@H](c3ccc(OCc4ccc(Cl)c(Cl)c4)cc3)CO5)C(=O)O)cc2)c1C. The van der Waals surface area contributed by atoms with Gasteiger partial charge in [-0.15, -0.1) is 0 Å². The number of ether oxygens (including phenoxy) is 3. The summed E-state index contributed by atoms with van der Waals surface area (Å²) in [4.78, 5) is 60.4. The van der Waals surface area contributed by atoms with E-state index >= 15 is 0 Å². The fourth-order valence-corrected chi connectivity index (χ4v) is 8.25. The molecule has 1 saturated heterocycles. The number of ketones is 1. The smallest absolute Gasteiger partial charge is 0.326 e. The number of rotatable bonds is 10. The van der Waals surface area contributed by atoms with Gasteiger partial charge in [0, 0.05) is 57.2 Å². The molecule has 3 aliphatic heterocycles. The number of halogens is 2. The van der Waals surface area contributed by atoms with Gasteiger partial charge in [0.2, 0.25) is 5.91 Å². The molecule has 1 fully saturated rings. The molecule has 4 heterocycles. The van der Waals surface area contributed by atoms with Gasteiger partial charge in [0.15, 0.2) is 17.6 Å². The normalized spacial score (nSPS) is 17.6. The Bertz CT molecular complexity index is 2490. The van der Waals surface area contributed by atoms with Gasteiger partial charge in [-0.25, -0.2) is 9.59 Å². The van der Waals surface area contributed by atoms with E-state index in [1.807, 2.05) is 86.6 Å². The van der Waals surface area contributed by atoms with E-state index in [-0.39, 0.29) is 57.7 Å². The van der Waals surface area contributed by atoms with Crippen molar-refractivity contribution >= 4 is 46.9 Å². The average molecular weight is 864 g/mol. The number of aliphatic carboxylic acids is 1. The molecule has 0 bridgehead atoms. The van der Waals surface area contributed by atoms with Crippen LogP contribution in [0.4, 0.5) is 4.79 Å². The van der Waals surface area contributed by atoms with Crippen molar-refractivity contribution in [2.24, 2.45) is 0 Å². The minimum absolute atomic E-state index is 0.0372. The first-order valence-corrected chi connectivity index (χ1v) is 20.9. The van der Waals surface area contributed by atoms with Gasteiger partial charge >= 0.3 is 12.0 Å². The molecule has 4 aromatic carbocycles. The maximum atomic E-state index is 14.2. The number of nitrogens with zero attached hydrogens (tertiary/aromatic N) is 3. The molecule has 12 nitrogen and oxygen atoms in total. The number of pyridine rings is 1. The lowest BCUT2D eigenvalue weighted by atomic mass is 9.92. The van der Waals surface area contributed by atoms with Crippen molar-refractivity contribution in [1.82, 2.24) is 20.1 Å².